The topological polar surface area (TPSA) is 118 Å². The molecular formula is C11H20N2O5S. The Balaban J connectivity index is 2.77. The molecule has 0 aliphatic heterocycles. The van der Waals surface area contributed by atoms with Crippen molar-refractivity contribution in [3.05, 3.63) is 0 Å². The Morgan fingerprint density at radius 1 is 1.32 bits per heavy atom. The van der Waals surface area contributed by atoms with E-state index in [0.29, 0.717) is 25.7 Å². The Hall–Kier alpha value is -1.15. The van der Waals surface area contributed by atoms with E-state index in [9.17, 15) is 18.0 Å². The van der Waals surface area contributed by atoms with Crippen LogP contribution in [0.4, 0.5) is 0 Å². The van der Waals surface area contributed by atoms with E-state index in [-0.39, 0.29) is 19.1 Å². The van der Waals surface area contributed by atoms with E-state index in [0.717, 1.165) is 0 Å². The molecule has 0 radical (unpaired) electrons. The number of aliphatic carboxylic acids is 1. The Bertz CT molecular complexity index is 432. The minimum absolute atomic E-state index is 0.159. The molecule has 1 aliphatic rings. The highest BCUT2D eigenvalue weighted by Crippen LogP contribution is 2.27. The lowest BCUT2D eigenvalue weighted by Crippen LogP contribution is -2.47. The minimum atomic E-state index is -3.14. The molecule has 1 saturated carbocycles. The van der Waals surface area contributed by atoms with Crippen molar-refractivity contribution in [2.45, 2.75) is 37.0 Å². The van der Waals surface area contributed by atoms with Gasteiger partial charge in [0.1, 0.15) is 9.84 Å². The van der Waals surface area contributed by atoms with Crippen LogP contribution in [0.15, 0.2) is 0 Å². The predicted molar refractivity (Wildman–Crippen MR) is 69.3 cm³/mol. The lowest BCUT2D eigenvalue weighted by Gasteiger charge is -2.35. The number of amides is 1. The molecule has 1 aliphatic carbocycles. The summed E-state index contributed by atoms with van der Waals surface area (Å²) >= 11 is 0. The van der Waals surface area contributed by atoms with Gasteiger partial charge >= 0.3 is 5.97 Å². The van der Waals surface area contributed by atoms with Crippen molar-refractivity contribution in [2.75, 3.05) is 19.3 Å². The van der Waals surface area contributed by atoms with Gasteiger partial charge in [-0.05, 0) is 19.3 Å². The molecule has 1 rings (SSSR count). The second kappa shape index (κ2) is 6.33. The van der Waals surface area contributed by atoms with Gasteiger partial charge in [-0.15, -0.1) is 0 Å². The van der Waals surface area contributed by atoms with Crippen LogP contribution in [0.1, 0.15) is 25.7 Å². The van der Waals surface area contributed by atoms with Crippen molar-refractivity contribution in [2.24, 2.45) is 5.73 Å². The molecule has 0 aromatic heterocycles. The van der Waals surface area contributed by atoms with Gasteiger partial charge in [0.05, 0.1) is 18.3 Å². The lowest BCUT2D eigenvalue weighted by molar-refractivity contribution is -0.139. The molecule has 7 nitrogen and oxygen atoms in total. The first kappa shape index (κ1) is 15.9. The Labute approximate surface area is 112 Å². The standard InChI is InChI=1S/C11H20N2O5S/c1-19(17,18)9-4-2-3-8(5-9)13(6-10(12)14)7-11(15)16/h8-9H,2-7H2,1H3,(H2,12,14)(H,15,16). The molecule has 0 aromatic rings. The quantitative estimate of drug-likeness (QED) is 0.662. The number of hydrogen-bond acceptors (Lipinski definition) is 5. The zero-order chi connectivity index (χ0) is 14.6. The van der Waals surface area contributed by atoms with E-state index in [4.69, 9.17) is 10.8 Å². The van der Waals surface area contributed by atoms with Crippen molar-refractivity contribution in [3.8, 4) is 0 Å². The SMILES string of the molecule is CS(=O)(=O)C1CCCC(N(CC(N)=O)CC(=O)O)C1. The second-order valence-electron chi connectivity index (χ2n) is 5.04. The van der Waals surface area contributed by atoms with Crippen molar-refractivity contribution >= 4 is 21.7 Å². The Kier molecular flexibility index (Phi) is 5.30. The molecule has 1 amide bonds. The molecule has 8 heteroatoms. The monoisotopic (exact) mass is 292 g/mol. The fourth-order valence-corrected chi connectivity index (χ4v) is 3.70. The third-order valence-electron chi connectivity index (χ3n) is 3.42. The summed E-state index contributed by atoms with van der Waals surface area (Å²) in [6, 6.07) is -0.225. The first-order chi connectivity index (χ1) is 8.70. The number of nitrogens with zero attached hydrogens (tertiary/aromatic N) is 1. The van der Waals surface area contributed by atoms with Crippen LogP contribution in [0.2, 0.25) is 0 Å². The highest BCUT2D eigenvalue weighted by Gasteiger charge is 2.33. The predicted octanol–water partition coefficient (Wildman–Crippen LogP) is -0.786. The normalized spacial score (nSPS) is 24.3. The Morgan fingerprint density at radius 3 is 2.42 bits per heavy atom. The molecule has 0 spiro atoms. The summed E-state index contributed by atoms with van der Waals surface area (Å²) in [6.07, 6.45) is 3.53. The molecule has 0 bridgehead atoms. The van der Waals surface area contributed by atoms with Gasteiger partial charge in [0.25, 0.3) is 0 Å². The molecule has 19 heavy (non-hydrogen) atoms. The largest absolute Gasteiger partial charge is 0.480 e. The van der Waals surface area contributed by atoms with Gasteiger partial charge < -0.3 is 10.8 Å². The first-order valence-corrected chi connectivity index (χ1v) is 8.08. The fraction of sp³-hybridized carbons (Fsp3) is 0.818. The van der Waals surface area contributed by atoms with Crippen LogP contribution < -0.4 is 5.73 Å². The molecule has 2 unspecified atom stereocenters. The van der Waals surface area contributed by atoms with Gasteiger partial charge in [0, 0.05) is 12.3 Å². The summed E-state index contributed by atoms with van der Waals surface area (Å²) in [5.74, 6) is -1.66. The number of carboxylic acids is 1. The molecule has 2 atom stereocenters. The minimum Gasteiger partial charge on any atom is -0.480 e. The van der Waals surface area contributed by atoms with Gasteiger partial charge in [-0.25, -0.2) is 8.42 Å². The van der Waals surface area contributed by atoms with Gasteiger partial charge in [-0.2, -0.15) is 0 Å². The average Bonchev–Trinajstić information content (AvgIpc) is 2.26. The molecule has 3 N–H and O–H groups in total. The third kappa shape index (κ3) is 5.15. The zero-order valence-corrected chi connectivity index (χ0v) is 11.7. The van der Waals surface area contributed by atoms with E-state index in [1.54, 1.807) is 0 Å². The van der Waals surface area contributed by atoms with Crippen LogP contribution >= 0.6 is 0 Å². The van der Waals surface area contributed by atoms with E-state index >= 15 is 0 Å². The maximum absolute atomic E-state index is 11.6. The van der Waals surface area contributed by atoms with E-state index in [1.807, 2.05) is 0 Å². The molecular weight excluding hydrogens is 272 g/mol. The van der Waals surface area contributed by atoms with E-state index < -0.39 is 27.0 Å². The van der Waals surface area contributed by atoms with Crippen LogP contribution in [0.25, 0.3) is 0 Å². The molecule has 0 saturated heterocycles. The summed E-state index contributed by atoms with van der Waals surface area (Å²) in [7, 11) is -3.14. The first-order valence-electron chi connectivity index (χ1n) is 6.13. The summed E-state index contributed by atoms with van der Waals surface area (Å²) in [4.78, 5) is 23.2. The molecule has 110 valence electrons. The number of hydrogen-bond donors (Lipinski definition) is 2. The fourth-order valence-electron chi connectivity index (χ4n) is 2.53. The number of carboxylic acid groups (broad SMARTS) is 1. The van der Waals surface area contributed by atoms with Crippen molar-refractivity contribution in [1.82, 2.24) is 4.90 Å². The number of carbonyl (C=O) groups is 2. The van der Waals surface area contributed by atoms with Crippen LogP contribution in [0.5, 0.6) is 0 Å². The van der Waals surface area contributed by atoms with Crippen LogP contribution in [0.3, 0.4) is 0 Å². The summed E-state index contributed by atoms with van der Waals surface area (Å²) in [5.41, 5.74) is 5.10. The Morgan fingerprint density at radius 2 is 1.95 bits per heavy atom. The summed E-state index contributed by atoms with van der Waals surface area (Å²) < 4.78 is 23.1. The van der Waals surface area contributed by atoms with Crippen molar-refractivity contribution < 1.29 is 23.1 Å². The van der Waals surface area contributed by atoms with Gasteiger partial charge in [0.15, 0.2) is 0 Å². The smallest absolute Gasteiger partial charge is 0.317 e. The van der Waals surface area contributed by atoms with Crippen molar-refractivity contribution in [1.29, 1.82) is 0 Å². The van der Waals surface area contributed by atoms with Crippen LogP contribution in [0, 0.1) is 0 Å². The zero-order valence-electron chi connectivity index (χ0n) is 10.9. The van der Waals surface area contributed by atoms with E-state index in [2.05, 4.69) is 0 Å². The highest BCUT2D eigenvalue weighted by molar-refractivity contribution is 7.91. The number of carbonyl (C=O) groups excluding carboxylic acids is 1. The maximum Gasteiger partial charge on any atom is 0.317 e. The number of nitrogens with two attached hydrogens (primary N) is 1. The summed E-state index contributed by atoms with van der Waals surface area (Å²) in [6.45, 7) is -0.461. The van der Waals surface area contributed by atoms with E-state index in [1.165, 1.54) is 11.2 Å². The lowest BCUT2D eigenvalue weighted by atomic mass is 9.93. The van der Waals surface area contributed by atoms with Crippen LogP contribution in [-0.2, 0) is 19.4 Å². The average molecular weight is 292 g/mol. The van der Waals surface area contributed by atoms with Gasteiger partial charge in [0.2, 0.25) is 5.91 Å². The molecule has 0 heterocycles. The molecule has 1 fully saturated rings. The maximum atomic E-state index is 11.6. The number of primary amides is 1. The highest BCUT2D eigenvalue weighted by atomic mass is 32.2. The summed E-state index contributed by atoms with van der Waals surface area (Å²) in [5, 5.41) is 8.38. The van der Waals surface area contributed by atoms with Crippen LogP contribution in [-0.4, -0.2) is 60.9 Å². The molecule has 0 aromatic carbocycles. The van der Waals surface area contributed by atoms with Crippen molar-refractivity contribution in [3.63, 3.8) is 0 Å². The second-order valence-corrected chi connectivity index (χ2v) is 7.36. The number of rotatable bonds is 6. The third-order valence-corrected chi connectivity index (χ3v) is 5.06. The van der Waals surface area contributed by atoms with Gasteiger partial charge in [-0.3, -0.25) is 14.5 Å². The number of sulfone groups is 1. The van der Waals surface area contributed by atoms with Gasteiger partial charge in [-0.1, -0.05) is 6.42 Å².